The lowest BCUT2D eigenvalue weighted by Gasteiger charge is -2.12. The zero-order valence-electron chi connectivity index (χ0n) is 12.1. The van der Waals surface area contributed by atoms with E-state index in [0.717, 1.165) is 19.2 Å². The van der Waals surface area contributed by atoms with E-state index in [1.54, 1.807) is 0 Å². The Labute approximate surface area is 128 Å². The zero-order valence-corrected chi connectivity index (χ0v) is 12.1. The average molecular weight is 336 g/mol. The van der Waals surface area contributed by atoms with E-state index < -0.39 is 29.7 Å². The highest BCUT2D eigenvalue weighted by atomic mass is 19.4. The van der Waals surface area contributed by atoms with Crippen LogP contribution in [0, 0.1) is 5.82 Å². The van der Waals surface area contributed by atoms with Crippen molar-refractivity contribution in [1.82, 2.24) is 0 Å². The van der Waals surface area contributed by atoms with Gasteiger partial charge in [-0.2, -0.15) is 0 Å². The van der Waals surface area contributed by atoms with Crippen molar-refractivity contribution in [1.29, 1.82) is 0 Å². The number of carbonyl (C=O) groups excluding carboxylic acids is 2. The Morgan fingerprint density at radius 3 is 2.39 bits per heavy atom. The number of rotatable bonds is 6. The summed E-state index contributed by atoms with van der Waals surface area (Å²) in [6.07, 6.45) is -4.33. The molecule has 0 unspecified atom stereocenters. The third-order valence-corrected chi connectivity index (χ3v) is 2.35. The summed E-state index contributed by atoms with van der Waals surface area (Å²) in [5.41, 5.74) is -0.218. The Kier molecular flexibility index (Phi) is 6.11. The molecule has 0 fully saturated rings. The number of hydrogen-bond acceptors (Lipinski definition) is 5. The van der Waals surface area contributed by atoms with Crippen molar-refractivity contribution in [2.45, 2.75) is 13.3 Å². The minimum atomic E-state index is -5.01. The molecule has 1 rings (SSSR count). The van der Waals surface area contributed by atoms with E-state index in [1.165, 1.54) is 6.92 Å². The largest absolute Gasteiger partial charge is 0.573 e. The molecule has 0 aliphatic rings. The highest BCUT2D eigenvalue weighted by molar-refractivity contribution is 6.39. The molecule has 0 aromatic heterocycles. The van der Waals surface area contributed by atoms with Crippen LogP contribution in [0.2, 0.25) is 0 Å². The van der Waals surface area contributed by atoms with Gasteiger partial charge < -0.3 is 14.2 Å². The zero-order chi connectivity index (χ0) is 17.6. The summed E-state index contributed by atoms with van der Waals surface area (Å²) in [5, 5.41) is 0. The summed E-state index contributed by atoms with van der Waals surface area (Å²) in [7, 11) is 1.10. The first-order valence-electron chi connectivity index (χ1n) is 6.19. The molecule has 0 saturated carbocycles. The van der Waals surface area contributed by atoms with E-state index in [9.17, 15) is 27.2 Å². The molecular formula is C14H12F4O5. The van der Waals surface area contributed by atoms with Crippen LogP contribution in [0.3, 0.4) is 0 Å². The van der Waals surface area contributed by atoms with Gasteiger partial charge >= 0.3 is 12.3 Å². The molecule has 0 heterocycles. The Morgan fingerprint density at radius 1 is 1.22 bits per heavy atom. The van der Waals surface area contributed by atoms with E-state index in [2.05, 4.69) is 9.47 Å². The van der Waals surface area contributed by atoms with Gasteiger partial charge in [-0.05, 0) is 19.1 Å². The van der Waals surface area contributed by atoms with Crippen molar-refractivity contribution in [3.63, 3.8) is 0 Å². The van der Waals surface area contributed by atoms with Crippen LogP contribution in [0.25, 0.3) is 5.76 Å². The number of benzene rings is 1. The van der Waals surface area contributed by atoms with Gasteiger partial charge in [0.2, 0.25) is 0 Å². The molecule has 0 bridgehead atoms. The van der Waals surface area contributed by atoms with Gasteiger partial charge in [0, 0.05) is 17.7 Å². The molecular weight excluding hydrogens is 324 g/mol. The molecule has 0 amide bonds. The van der Waals surface area contributed by atoms with E-state index in [-0.39, 0.29) is 17.9 Å². The predicted molar refractivity (Wildman–Crippen MR) is 69.7 cm³/mol. The fraction of sp³-hybridized carbons (Fsp3) is 0.286. The minimum absolute atomic E-state index is 0.0374. The quantitative estimate of drug-likeness (QED) is 0.263. The van der Waals surface area contributed by atoms with Gasteiger partial charge in [-0.3, -0.25) is 4.79 Å². The van der Waals surface area contributed by atoms with Gasteiger partial charge in [0.15, 0.2) is 0 Å². The van der Waals surface area contributed by atoms with Crippen LogP contribution in [0.4, 0.5) is 17.6 Å². The molecule has 0 spiro atoms. The van der Waals surface area contributed by atoms with Crippen LogP contribution in [0.15, 0.2) is 24.3 Å². The standard InChI is InChI=1S/C14H12F4O5/c1-3-22-13(20)11(19)7-12(21-2)8-4-9(15)6-10(5-8)23-14(16,17)18/h4-7H,3H2,1-2H3/b12-7-. The van der Waals surface area contributed by atoms with Crippen molar-refractivity contribution in [3.8, 4) is 5.75 Å². The topological polar surface area (TPSA) is 61.8 Å². The highest BCUT2D eigenvalue weighted by Gasteiger charge is 2.31. The SMILES string of the molecule is CCOC(=O)C(=O)/C=C(\OC)c1cc(F)cc(OC(F)(F)F)c1. The maximum absolute atomic E-state index is 13.4. The Balaban J connectivity index is 3.15. The second-order valence-electron chi connectivity index (χ2n) is 4.02. The molecule has 0 aliphatic heterocycles. The van der Waals surface area contributed by atoms with Crippen molar-refractivity contribution < 1.29 is 41.4 Å². The molecule has 0 radical (unpaired) electrons. The molecule has 9 heteroatoms. The molecule has 0 saturated heterocycles. The first-order valence-corrected chi connectivity index (χ1v) is 6.19. The molecule has 0 aliphatic carbocycles. The van der Waals surface area contributed by atoms with Gasteiger partial charge in [0.05, 0.1) is 13.7 Å². The lowest BCUT2D eigenvalue weighted by Crippen LogP contribution is -2.17. The summed E-state index contributed by atoms with van der Waals surface area (Å²) in [6, 6.07) is 2.14. The number of halogens is 4. The van der Waals surface area contributed by atoms with E-state index in [0.29, 0.717) is 12.1 Å². The van der Waals surface area contributed by atoms with E-state index >= 15 is 0 Å². The van der Waals surface area contributed by atoms with Crippen LogP contribution in [0.5, 0.6) is 5.75 Å². The van der Waals surface area contributed by atoms with Crippen LogP contribution >= 0.6 is 0 Å². The van der Waals surface area contributed by atoms with Gasteiger partial charge in [-0.1, -0.05) is 0 Å². The van der Waals surface area contributed by atoms with Crippen LogP contribution in [0.1, 0.15) is 12.5 Å². The summed E-state index contributed by atoms with van der Waals surface area (Å²) in [4.78, 5) is 22.8. The maximum atomic E-state index is 13.4. The van der Waals surface area contributed by atoms with Gasteiger partial charge in [-0.15, -0.1) is 13.2 Å². The molecule has 5 nitrogen and oxygen atoms in total. The lowest BCUT2D eigenvalue weighted by molar-refractivity contribution is -0.274. The summed E-state index contributed by atoms with van der Waals surface area (Å²) in [5.74, 6) is -4.49. The number of esters is 1. The molecule has 126 valence electrons. The minimum Gasteiger partial charge on any atom is -0.496 e. The number of hydrogen-bond donors (Lipinski definition) is 0. The van der Waals surface area contributed by atoms with Gasteiger partial charge in [-0.25, -0.2) is 9.18 Å². The second kappa shape index (κ2) is 7.61. The monoisotopic (exact) mass is 336 g/mol. The summed E-state index contributed by atoms with van der Waals surface area (Å²) >= 11 is 0. The smallest absolute Gasteiger partial charge is 0.496 e. The van der Waals surface area contributed by atoms with Crippen LogP contribution in [-0.2, 0) is 19.1 Å². The lowest BCUT2D eigenvalue weighted by atomic mass is 10.1. The molecule has 0 N–H and O–H groups in total. The molecule has 23 heavy (non-hydrogen) atoms. The van der Waals surface area contributed by atoms with E-state index in [1.807, 2.05) is 0 Å². The van der Waals surface area contributed by atoms with Crippen molar-refractivity contribution in [3.05, 3.63) is 35.7 Å². The number of ether oxygens (including phenoxy) is 3. The van der Waals surface area contributed by atoms with Crippen molar-refractivity contribution >= 4 is 17.5 Å². The molecule has 1 aromatic carbocycles. The first kappa shape index (κ1) is 18.5. The van der Waals surface area contributed by atoms with Crippen molar-refractivity contribution in [2.75, 3.05) is 13.7 Å². The van der Waals surface area contributed by atoms with Gasteiger partial charge in [0.1, 0.15) is 17.3 Å². The third kappa shape index (κ3) is 5.97. The first-order chi connectivity index (χ1) is 10.7. The Morgan fingerprint density at radius 2 is 1.87 bits per heavy atom. The highest BCUT2D eigenvalue weighted by Crippen LogP contribution is 2.27. The fourth-order valence-electron chi connectivity index (χ4n) is 1.54. The normalized spacial score (nSPS) is 11.8. The maximum Gasteiger partial charge on any atom is 0.573 e. The van der Waals surface area contributed by atoms with Crippen LogP contribution < -0.4 is 4.74 Å². The predicted octanol–water partition coefficient (Wildman–Crippen LogP) is 2.84. The summed E-state index contributed by atoms with van der Waals surface area (Å²) < 4.78 is 62.8. The number of ketones is 1. The fourth-order valence-corrected chi connectivity index (χ4v) is 1.54. The average Bonchev–Trinajstić information content (AvgIpc) is 2.42. The van der Waals surface area contributed by atoms with E-state index in [4.69, 9.17) is 4.74 Å². The number of methoxy groups -OCH3 is 1. The molecule has 0 atom stereocenters. The second-order valence-corrected chi connectivity index (χ2v) is 4.02. The van der Waals surface area contributed by atoms with Crippen molar-refractivity contribution in [2.24, 2.45) is 0 Å². The third-order valence-electron chi connectivity index (χ3n) is 2.35. The number of carbonyl (C=O) groups is 2. The Bertz CT molecular complexity index is 622. The van der Waals surface area contributed by atoms with Gasteiger partial charge in [0.25, 0.3) is 5.78 Å². The Hall–Kier alpha value is -2.58. The van der Waals surface area contributed by atoms with Crippen LogP contribution in [-0.4, -0.2) is 31.8 Å². The molecule has 1 aromatic rings. The number of alkyl halides is 3. The summed E-state index contributed by atoms with van der Waals surface area (Å²) in [6.45, 7) is 1.45.